The molecule has 300 valence electrons. The number of carbonyl (C=O) groups is 5. The van der Waals surface area contributed by atoms with Crippen molar-refractivity contribution in [3.63, 3.8) is 0 Å². The molecule has 0 aliphatic carbocycles. The Hall–Kier alpha value is -5.18. The zero-order chi connectivity index (χ0) is 40.3. The van der Waals surface area contributed by atoms with Crippen molar-refractivity contribution in [2.75, 3.05) is 35.0 Å². The molecule has 0 bridgehead atoms. The van der Waals surface area contributed by atoms with E-state index in [4.69, 9.17) is 28.5 Å². The van der Waals surface area contributed by atoms with Crippen LogP contribution in [0.15, 0.2) is 47.4 Å². The molecule has 0 aromatic heterocycles. The van der Waals surface area contributed by atoms with E-state index in [1.54, 1.807) is 48.9 Å². The Labute approximate surface area is 324 Å². The van der Waals surface area contributed by atoms with E-state index in [2.05, 4.69) is 5.32 Å². The highest BCUT2D eigenvalue weighted by Gasteiger charge is 2.29. The summed E-state index contributed by atoms with van der Waals surface area (Å²) in [6.07, 6.45) is 7.02. The molecule has 1 aliphatic heterocycles. The van der Waals surface area contributed by atoms with Crippen LogP contribution < -0.4 is 29.0 Å². The zero-order valence-corrected chi connectivity index (χ0v) is 33.3. The maximum atomic E-state index is 13.2. The molecule has 1 aliphatic rings. The van der Waals surface area contributed by atoms with Crippen molar-refractivity contribution in [1.29, 1.82) is 0 Å². The highest BCUT2D eigenvalue weighted by atomic mass is 32.2. The Bertz CT molecular complexity index is 1710. The minimum Gasteiger partial charge on any atom is -0.496 e. The number of allylic oxidation sites excluding steroid dienone is 1. The number of nitrogens with zero attached hydrogens (tertiary/aromatic N) is 1. The van der Waals surface area contributed by atoms with Gasteiger partial charge in [0.1, 0.15) is 17.2 Å². The number of rotatable bonds is 22. The van der Waals surface area contributed by atoms with E-state index in [-0.39, 0.29) is 55.4 Å². The molecule has 1 saturated heterocycles. The van der Waals surface area contributed by atoms with Gasteiger partial charge in [-0.25, -0.2) is 4.79 Å². The molecule has 0 saturated carbocycles. The zero-order valence-electron chi connectivity index (χ0n) is 32.4. The van der Waals surface area contributed by atoms with Crippen LogP contribution in [0.5, 0.6) is 28.7 Å². The van der Waals surface area contributed by atoms with Gasteiger partial charge in [-0.15, -0.1) is 5.06 Å². The van der Waals surface area contributed by atoms with Gasteiger partial charge in [-0.2, -0.15) is 0 Å². The van der Waals surface area contributed by atoms with Crippen molar-refractivity contribution in [3.8, 4) is 28.7 Å². The third kappa shape index (κ3) is 14.2. The van der Waals surface area contributed by atoms with Crippen LogP contribution in [-0.4, -0.2) is 73.9 Å². The van der Waals surface area contributed by atoms with E-state index in [0.717, 1.165) is 5.57 Å². The Balaban J connectivity index is 1.45. The number of piperidine rings is 1. The lowest BCUT2D eigenvalue weighted by Crippen LogP contribution is -2.41. The first-order valence-electron chi connectivity index (χ1n) is 18.2. The van der Waals surface area contributed by atoms with Crippen LogP contribution in [0, 0.1) is 5.92 Å². The van der Waals surface area contributed by atoms with Gasteiger partial charge >= 0.3 is 11.9 Å². The minimum absolute atomic E-state index is 0.0958. The van der Waals surface area contributed by atoms with Crippen LogP contribution in [-0.2, 0) is 45.4 Å². The Morgan fingerprint density at radius 2 is 1.56 bits per heavy atom. The highest BCUT2D eigenvalue weighted by Crippen LogP contribution is 2.35. The summed E-state index contributed by atoms with van der Waals surface area (Å²) in [5.41, 5.74) is 2.35. The summed E-state index contributed by atoms with van der Waals surface area (Å²) in [7, 11) is 4.65. The summed E-state index contributed by atoms with van der Waals surface area (Å²) in [5.74, 6) is -0.447. The molecule has 3 rings (SSSR count). The van der Waals surface area contributed by atoms with Crippen molar-refractivity contribution < 1.29 is 56.7 Å². The van der Waals surface area contributed by atoms with Gasteiger partial charge in [0.2, 0.25) is 5.91 Å². The van der Waals surface area contributed by atoms with Gasteiger partial charge in [-0.3, -0.25) is 23.4 Å². The second kappa shape index (κ2) is 22.9. The van der Waals surface area contributed by atoms with Gasteiger partial charge in [-0.1, -0.05) is 24.6 Å². The number of methoxy groups -OCH3 is 4. The average molecular weight is 785 g/mol. The SMILES string of the molecule is CCC(CC/C=C(\C)CCNC(=O)CCCC(=O)ON1C(=O)CCCC1=O)C(=O)Oc1cc(CS(=O)/C=C/c2c(OC)cc(OC)cc2OC)ccc1OC. The number of nitrogens with one attached hydrogen (secondary N) is 1. The van der Waals surface area contributed by atoms with Gasteiger partial charge in [-0.05, 0) is 69.2 Å². The Kier molecular flexibility index (Phi) is 18.4. The maximum Gasteiger partial charge on any atom is 0.333 e. The molecule has 2 aromatic carbocycles. The lowest BCUT2D eigenvalue weighted by atomic mass is 9.99. The summed E-state index contributed by atoms with van der Waals surface area (Å²) in [6, 6.07) is 8.53. The van der Waals surface area contributed by atoms with Crippen LogP contribution in [0.2, 0.25) is 0 Å². The summed E-state index contributed by atoms with van der Waals surface area (Å²) < 4.78 is 40.6. The molecule has 2 unspecified atom stereocenters. The fourth-order valence-electron chi connectivity index (χ4n) is 5.62. The molecule has 0 spiro atoms. The summed E-state index contributed by atoms with van der Waals surface area (Å²) in [6.45, 7) is 4.27. The highest BCUT2D eigenvalue weighted by molar-refractivity contribution is 7.87. The predicted octanol–water partition coefficient (Wildman–Crippen LogP) is 5.97. The van der Waals surface area contributed by atoms with Gasteiger partial charge in [0.15, 0.2) is 11.5 Å². The van der Waals surface area contributed by atoms with Gasteiger partial charge in [0.05, 0.1) is 56.5 Å². The first-order valence-corrected chi connectivity index (χ1v) is 19.5. The molecular formula is C40H52N2O12S. The molecule has 1 N–H and O–H groups in total. The molecule has 14 nitrogen and oxygen atoms in total. The molecule has 2 atom stereocenters. The first kappa shape index (κ1) is 44.2. The van der Waals surface area contributed by atoms with Gasteiger partial charge in [0.25, 0.3) is 11.8 Å². The number of hydroxylamine groups is 2. The summed E-state index contributed by atoms with van der Waals surface area (Å²) in [5, 5.41) is 4.89. The number of ether oxygens (including phenoxy) is 5. The quantitative estimate of drug-likeness (QED) is 0.0643. The first-order chi connectivity index (χ1) is 26.4. The number of benzene rings is 2. The maximum absolute atomic E-state index is 13.2. The molecule has 1 fully saturated rings. The fraction of sp³-hybridized carbons (Fsp3) is 0.475. The predicted molar refractivity (Wildman–Crippen MR) is 206 cm³/mol. The van der Waals surface area contributed by atoms with Crippen molar-refractivity contribution in [2.45, 2.75) is 83.8 Å². The van der Waals surface area contributed by atoms with E-state index in [1.807, 2.05) is 19.9 Å². The molecule has 15 heteroatoms. The van der Waals surface area contributed by atoms with Crippen LogP contribution >= 0.6 is 0 Å². The second-order valence-electron chi connectivity index (χ2n) is 12.8. The molecule has 3 amide bonds. The molecule has 2 aromatic rings. The molecule has 0 radical (unpaired) electrons. The van der Waals surface area contributed by atoms with Crippen molar-refractivity contribution >= 4 is 46.5 Å². The van der Waals surface area contributed by atoms with Gasteiger partial charge in [0, 0.05) is 49.8 Å². The van der Waals surface area contributed by atoms with E-state index < -0.39 is 34.6 Å². The minimum atomic E-state index is -1.43. The second-order valence-corrected chi connectivity index (χ2v) is 14.1. The van der Waals surface area contributed by atoms with Crippen molar-refractivity contribution in [3.05, 3.63) is 58.5 Å². The topological polar surface area (TPSA) is 173 Å². The Morgan fingerprint density at radius 3 is 2.18 bits per heavy atom. The smallest absolute Gasteiger partial charge is 0.333 e. The van der Waals surface area contributed by atoms with E-state index in [1.165, 1.54) is 21.3 Å². The van der Waals surface area contributed by atoms with Crippen molar-refractivity contribution in [2.24, 2.45) is 5.92 Å². The van der Waals surface area contributed by atoms with Crippen LogP contribution in [0.1, 0.15) is 89.2 Å². The molecule has 1 heterocycles. The van der Waals surface area contributed by atoms with Gasteiger partial charge < -0.3 is 33.8 Å². The lowest BCUT2D eigenvalue weighted by Gasteiger charge is -2.22. The van der Waals surface area contributed by atoms with E-state index >= 15 is 0 Å². The third-order valence-corrected chi connectivity index (χ3v) is 9.83. The number of imide groups is 1. The third-order valence-electron chi connectivity index (χ3n) is 8.77. The van der Waals surface area contributed by atoms with E-state index in [9.17, 15) is 28.2 Å². The number of hydrogen-bond acceptors (Lipinski definition) is 12. The largest absolute Gasteiger partial charge is 0.496 e. The monoisotopic (exact) mass is 784 g/mol. The number of carbonyl (C=O) groups excluding carboxylic acids is 5. The Morgan fingerprint density at radius 1 is 0.891 bits per heavy atom. The fourth-order valence-corrected chi connectivity index (χ4v) is 6.51. The normalized spacial score (nSPS) is 14.3. The average Bonchev–Trinajstić information content (AvgIpc) is 3.16. The standard InChI is InChI=1S/C40H52N2O12S/c1-7-29(12-8-11-27(2)19-21-41-36(43)13-9-16-39(46)54-42-37(44)14-10-15-38(42)45)40(47)53-35-23-28(17-18-32(35)50-4)26-55(48)22-20-31-33(51-5)24-30(49-3)25-34(31)52-6/h11,17-18,20,22-25,29H,7-10,12-16,19,21,26H2,1-6H3,(H,41,43)/b22-20+,27-11+. The lowest BCUT2D eigenvalue weighted by molar-refractivity contribution is -0.205. The van der Waals surface area contributed by atoms with Crippen LogP contribution in [0.3, 0.4) is 0 Å². The molecule has 55 heavy (non-hydrogen) atoms. The summed E-state index contributed by atoms with van der Waals surface area (Å²) >= 11 is 0. The van der Waals surface area contributed by atoms with Crippen molar-refractivity contribution in [1.82, 2.24) is 10.4 Å². The van der Waals surface area contributed by atoms with E-state index in [0.29, 0.717) is 77.8 Å². The van der Waals surface area contributed by atoms with Crippen LogP contribution in [0.4, 0.5) is 0 Å². The number of hydrogen-bond donors (Lipinski definition) is 1. The molecular weight excluding hydrogens is 733 g/mol. The van der Waals surface area contributed by atoms with Crippen LogP contribution in [0.25, 0.3) is 6.08 Å². The number of amides is 3. The summed E-state index contributed by atoms with van der Waals surface area (Å²) in [4.78, 5) is 65.9. The number of esters is 1.